The molecule has 0 atom stereocenters. The average Bonchev–Trinajstić information content (AvgIpc) is 3.69. The normalized spacial score (nSPS) is 13.2. The Morgan fingerprint density at radius 2 is 1.51 bits per heavy atom. The summed E-state index contributed by atoms with van der Waals surface area (Å²) in [5, 5.41) is 15.0. The minimum atomic E-state index is -0.0763. The van der Waals surface area contributed by atoms with Gasteiger partial charge in [-0.15, -0.1) is 11.3 Å². The molecule has 1 aliphatic rings. The van der Waals surface area contributed by atoms with Gasteiger partial charge in [0.25, 0.3) is 0 Å². The van der Waals surface area contributed by atoms with E-state index in [1.807, 2.05) is 53.8 Å². The van der Waals surface area contributed by atoms with Gasteiger partial charge in [0.2, 0.25) is 0 Å². The molecule has 8 aromatic rings. The molecule has 0 spiro atoms. The summed E-state index contributed by atoms with van der Waals surface area (Å²) >= 11 is 1.88. The molecule has 0 amide bonds. The van der Waals surface area contributed by atoms with E-state index in [9.17, 15) is 5.26 Å². The molecule has 4 heteroatoms. The van der Waals surface area contributed by atoms with Crippen LogP contribution in [0.2, 0.25) is 0 Å². The summed E-state index contributed by atoms with van der Waals surface area (Å²) in [6, 6.07) is 42.7. The van der Waals surface area contributed by atoms with Crippen LogP contribution in [-0.2, 0) is 5.41 Å². The molecule has 9 rings (SSSR count). The largest absolute Gasteiger partial charge is 0.307 e. The van der Waals surface area contributed by atoms with Gasteiger partial charge < -0.3 is 4.57 Å². The van der Waals surface area contributed by atoms with Crippen molar-refractivity contribution in [3.05, 3.63) is 143 Å². The summed E-state index contributed by atoms with van der Waals surface area (Å²) in [6.07, 6.45) is 0. The Labute approximate surface area is 264 Å². The first-order chi connectivity index (χ1) is 22.0. The molecule has 0 saturated carbocycles. The van der Waals surface area contributed by atoms with Gasteiger partial charge in [0.1, 0.15) is 6.07 Å². The number of aromatic nitrogens is 1. The number of hydrogen-bond donors (Lipinski definition) is 0. The van der Waals surface area contributed by atoms with E-state index in [1.54, 1.807) is 0 Å². The number of fused-ring (bicyclic) bond motifs is 10. The van der Waals surface area contributed by atoms with E-state index in [4.69, 9.17) is 6.57 Å². The van der Waals surface area contributed by atoms with Crippen LogP contribution in [0.15, 0.2) is 115 Å². The van der Waals surface area contributed by atoms with E-state index < -0.39 is 0 Å². The van der Waals surface area contributed by atoms with Gasteiger partial charge in [-0.25, -0.2) is 4.85 Å². The van der Waals surface area contributed by atoms with Gasteiger partial charge in [-0.1, -0.05) is 92.7 Å². The van der Waals surface area contributed by atoms with Crippen molar-refractivity contribution in [2.75, 3.05) is 0 Å². The van der Waals surface area contributed by atoms with Crippen LogP contribution >= 0.6 is 11.3 Å². The monoisotopic (exact) mass is 591 g/mol. The molecule has 2 aromatic heterocycles. The van der Waals surface area contributed by atoms with Crippen LogP contribution < -0.4 is 0 Å². The lowest BCUT2D eigenvalue weighted by atomic mass is 9.82. The van der Waals surface area contributed by atoms with Gasteiger partial charge in [-0.3, -0.25) is 0 Å². The van der Waals surface area contributed by atoms with Crippen molar-refractivity contribution in [2.45, 2.75) is 19.3 Å². The van der Waals surface area contributed by atoms with Crippen molar-refractivity contribution >= 4 is 59.0 Å². The molecule has 0 fully saturated rings. The maximum absolute atomic E-state index is 10.4. The lowest BCUT2D eigenvalue weighted by Gasteiger charge is -2.22. The van der Waals surface area contributed by atoms with Crippen LogP contribution in [0.3, 0.4) is 0 Å². The first-order valence-electron chi connectivity index (χ1n) is 15.0. The number of thiophene rings is 1. The molecule has 0 N–H and O–H groups in total. The van der Waals surface area contributed by atoms with Crippen molar-refractivity contribution in [2.24, 2.45) is 0 Å². The molecule has 6 aromatic carbocycles. The second-order valence-corrected chi connectivity index (χ2v) is 13.4. The first kappa shape index (κ1) is 25.8. The fourth-order valence-corrected chi connectivity index (χ4v) is 9.02. The van der Waals surface area contributed by atoms with Gasteiger partial charge in [0.15, 0.2) is 5.69 Å². The van der Waals surface area contributed by atoms with Crippen molar-refractivity contribution in [1.82, 2.24) is 4.57 Å². The zero-order valence-corrected chi connectivity index (χ0v) is 25.5. The highest BCUT2D eigenvalue weighted by atomic mass is 32.1. The van der Waals surface area contributed by atoms with Crippen molar-refractivity contribution in [3.8, 4) is 34.0 Å². The Kier molecular flexibility index (Phi) is 5.25. The third-order valence-electron chi connectivity index (χ3n) is 9.63. The summed E-state index contributed by atoms with van der Waals surface area (Å²) in [5.41, 5.74) is 11.5. The van der Waals surface area contributed by atoms with Crippen LogP contribution in [0.1, 0.15) is 30.5 Å². The quantitative estimate of drug-likeness (QED) is 0.184. The molecular formula is C41H25N3S. The van der Waals surface area contributed by atoms with Crippen LogP contribution in [-0.4, -0.2) is 4.57 Å². The first-order valence-corrected chi connectivity index (χ1v) is 15.9. The predicted octanol–water partition coefficient (Wildman–Crippen LogP) is 11.5. The van der Waals surface area contributed by atoms with Crippen molar-refractivity contribution in [1.29, 1.82) is 5.26 Å². The Hall–Kier alpha value is -5.68. The summed E-state index contributed by atoms with van der Waals surface area (Å²) < 4.78 is 4.81. The van der Waals surface area contributed by atoms with E-state index in [2.05, 4.69) is 102 Å². The maximum atomic E-state index is 10.4. The Balaban J connectivity index is 1.32. The fourth-order valence-electron chi connectivity index (χ4n) is 7.63. The molecular weight excluding hydrogens is 567 g/mol. The molecule has 45 heavy (non-hydrogen) atoms. The zero-order valence-electron chi connectivity index (χ0n) is 24.7. The van der Waals surface area contributed by atoms with Crippen molar-refractivity contribution in [3.63, 3.8) is 0 Å². The Bertz CT molecular complexity index is 2650. The van der Waals surface area contributed by atoms with Gasteiger partial charge in [0.05, 0.1) is 28.9 Å². The van der Waals surface area contributed by atoms with Crippen LogP contribution in [0, 0.1) is 17.9 Å². The van der Waals surface area contributed by atoms with Gasteiger partial charge in [-0.05, 0) is 69.6 Å². The molecule has 0 radical (unpaired) electrons. The number of benzene rings is 6. The molecule has 0 bridgehead atoms. The lowest BCUT2D eigenvalue weighted by molar-refractivity contribution is 0.667. The molecule has 3 nitrogen and oxygen atoms in total. The van der Waals surface area contributed by atoms with Gasteiger partial charge in [-0.2, -0.15) is 5.26 Å². The molecule has 2 heterocycles. The molecule has 0 saturated heterocycles. The van der Waals surface area contributed by atoms with E-state index in [-0.39, 0.29) is 5.41 Å². The number of para-hydroxylation sites is 2. The van der Waals surface area contributed by atoms with Crippen molar-refractivity contribution < 1.29 is 0 Å². The lowest BCUT2D eigenvalue weighted by Crippen LogP contribution is -2.14. The van der Waals surface area contributed by atoms with Crippen LogP contribution in [0.5, 0.6) is 0 Å². The highest BCUT2D eigenvalue weighted by Crippen LogP contribution is 2.54. The highest BCUT2D eigenvalue weighted by Gasteiger charge is 2.37. The summed E-state index contributed by atoms with van der Waals surface area (Å²) in [7, 11) is 0. The smallest absolute Gasteiger partial charge is 0.188 e. The zero-order chi connectivity index (χ0) is 30.4. The standard InChI is InChI=1S/C41H25N3S/c1-41(2)34-13-6-4-10-28(34)30-17-18-31-33-21-24(15-20-37(33)45-40(31)38(30)41)27-12-8-9-25(23-42)39(27)44-35-14-7-5-11-29(35)32-22-26(43-3)16-19-36(32)44/h4-22H,1-2H3. The average molecular weight is 592 g/mol. The number of nitriles is 1. The molecule has 0 aliphatic heterocycles. The molecule has 0 unspecified atom stereocenters. The predicted molar refractivity (Wildman–Crippen MR) is 188 cm³/mol. The van der Waals surface area contributed by atoms with Crippen LogP contribution in [0.25, 0.3) is 74.8 Å². The van der Waals surface area contributed by atoms with E-state index in [0.29, 0.717) is 11.3 Å². The summed E-state index contributed by atoms with van der Waals surface area (Å²) in [5.74, 6) is 0. The molecule has 1 aliphatic carbocycles. The second kappa shape index (κ2) is 9.16. The maximum Gasteiger partial charge on any atom is 0.188 e. The van der Waals surface area contributed by atoms with E-state index in [1.165, 1.54) is 42.4 Å². The minimum Gasteiger partial charge on any atom is -0.307 e. The van der Waals surface area contributed by atoms with Gasteiger partial charge >= 0.3 is 0 Å². The third kappa shape index (κ3) is 3.43. The third-order valence-corrected chi connectivity index (χ3v) is 10.8. The highest BCUT2D eigenvalue weighted by molar-refractivity contribution is 7.26. The topological polar surface area (TPSA) is 33.1 Å². The fraction of sp³-hybridized carbons (Fsp3) is 0.0732. The summed E-state index contributed by atoms with van der Waals surface area (Å²) in [6.45, 7) is 12.3. The van der Waals surface area contributed by atoms with E-state index >= 15 is 0 Å². The Morgan fingerprint density at radius 3 is 2.38 bits per heavy atom. The Morgan fingerprint density at radius 1 is 0.711 bits per heavy atom. The SMILES string of the molecule is [C-]#[N+]c1ccc2c(c1)c1ccccc1n2-c1c(C#N)cccc1-c1ccc2sc3c4c(ccc3c2c1)-c1ccccc1C4(C)C. The minimum absolute atomic E-state index is 0.0763. The molecule has 210 valence electrons. The second-order valence-electron chi connectivity index (χ2n) is 12.3. The summed E-state index contributed by atoms with van der Waals surface area (Å²) in [4.78, 5) is 3.69. The number of nitrogens with zero attached hydrogens (tertiary/aromatic N) is 3. The van der Waals surface area contributed by atoms with Crippen LogP contribution in [0.4, 0.5) is 5.69 Å². The van der Waals surface area contributed by atoms with E-state index in [0.717, 1.165) is 38.6 Å². The van der Waals surface area contributed by atoms with Gasteiger partial charge in [0, 0.05) is 36.5 Å². The number of hydrogen-bond acceptors (Lipinski definition) is 2. The number of rotatable bonds is 2.